The Morgan fingerprint density at radius 2 is 1.38 bits per heavy atom. The molecular weight excluding hydrogens is 448 g/mol. The molecule has 164 valence electrons. The van der Waals surface area contributed by atoms with Gasteiger partial charge in [-0.1, -0.05) is 66.2 Å². The molecule has 3 aromatic rings. The maximum absolute atomic E-state index is 13.2. The predicted octanol–water partition coefficient (Wildman–Crippen LogP) is 3.72. The fourth-order valence-corrected chi connectivity index (χ4v) is 5.41. The van der Waals surface area contributed by atoms with Gasteiger partial charge in [-0.05, 0) is 24.3 Å². The summed E-state index contributed by atoms with van der Waals surface area (Å²) < 4.78 is 27.2. The second kappa shape index (κ2) is 9.24. The van der Waals surface area contributed by atoms with E-state index in [1.807, 2.05) is 6.07 Å². The second-order valence-electron chi connectivity index (χ2n) is 7.39. The van der Waals surface area contributed by atoms with E-state index in [9.17, 15) is 18.0 Å². The number of hydrogen-bond acceptors (Lipinski definition) is 4. The van der Waals surface area contributed by atoms with Crippen molar-refractivity contribution >= 4 is 33.3 Å². The van der Waals surface area contributed by atoms with Gasteiger partial charge in [0.05, 0.1) is 10.5 Å². The number of benzene rings is 3. The van der Waals surface area contributed by atoms with Crippen molar-refractivity contribution in [2.45, 2.75) is 4.90 Å². The number of carbonyl (C=O) groups excluding carboxylic acids is 2. The van der Waals surface area contributed by atoms with Gasteiger partial charge in [-0.25, -0.2) is 8.42 Å². The first-order valence-electron chi connectivity index (χ1n) is 10.1. The minimum absolute atomic E-state index is 0.128. The molecule has 1 fully saturated rings. The van der Waals surface area contributed by atoms with Crippen molar-refractivity contribution in [3.63, 3.8) is 0 Å². The van der Waals surface area contributed by atoms with Gasteiger partial charge in [0.1, 0.15) is 0 Å². The standard InChI is InChI=1S/C24H21ClN2O4S/c25-19-9-6-10-20(17-19)32(30,31)27-15-13-26(14-16-27)24(29)22-12-5-4-11-21(22)23(28)18-7-2-1-3-8-18/h1-12,17H,13-16H2. The number of ketones is 1. The van der Waals surface area contributed by atoms with Crippen LogP contribution in [0.2, 0.25) is 5.02 Å². The van der Waals surface area contributed by atoms with Crippen molar-refractivity contribution in [1.82, 2.24) is 9.21 Å². The summed E-state index contributed by atoms with van der Waals surface area (Å²) in [4.78, 5) is 27.9. The number of carbonyl (C=O) groups is 2. The van der Waals surface area contributed by atoms with Crippen LogP contribution in [0.1, 0.15) is 26.3 Å². The molecule has 0 aliphatic carbocycles. The summed E-state index contributed by atoms with van der Waals surface area (Å²) in [6, 6.07) is 21.6. The highest BCUT2D eigenvalue weighted by atomic mass is 35.5. The van der Waals surface area contributed by atoms with Gasteiger partial charge >= 0.3 is 0 Å². The quantitative estimate of drug-likeness (QED) is 0.535. The molecule has 6 nitrogen and oxygen atoms in total. The zero-order valence-electron chi connectivity index (χ0n) is 17.1. The number of rotatable bonds is 5. The molecule has 0 spiro atoms. The van der Waals surface area contributed by atoms with Crippen LogP contribution in [0, 0.1) is 0 Å². The third kappa shape index (κ3) is 4.46. The molecule has 4 rings (SSSR count). The van der Waals surface area contributed by atoms with Crippen molar-refractivity contribution in [1.29, 1.82) is 0 Å². The maximum Gasteiger partial charge on any atom is 0.254 e. The van der Waals surface area contributed by atoms with Crippen molar-refractivity contribution in [2.24, 2.45) is 0 Å². The summed E-state index contributed by atoms with van der Waals surface area (Å²) in [5, 5.41) is 0.347. The van der Waals surface area contributed by atoms with E-state index in [4.69, 9.17) is 11.6 Å². The molecule has 3 aromatic carbocycles. The Hall–Kier alpha value is -3.00. The van der Waals surface area contributed by atoms with E-state index in [1.54, 1.807) is 65.6 Å². The van der Waals surface area contributed by atoms with Crippen LogP contribution in [-0.4, -0.2) is 55.5 Å². The van der Waals surface area contributed by atoms with Crippen LogP contribution >= 0.6 is 11.6 Å². The van der Waals surface area contributed by atoms with Gasteiger partial charge in [-0.15, -0.1) is 0 Å². The van der Waals surface area contributed by atoms with Crippen LogP contribution in [0.15, 0.2) is 83.8 Å². The summed E-state index contributed by atoms with van der Waals surface area (Å²) in [6.45, 7) is 0.782. The van der Waals surface area contributed by atoms with Gasteiger partial charge in [0.25, 0.3) is 5.91 Å². The fraction of sp³-hybridized carbons (Fsp3) is 0.167. The third-order valence-electron chi connectivity index (χ3n) is 5.40. The minimum Gasteiger partial charge on any atom is -0.336 e. The van der Waals surface area contributed by atoms with E-state index in [2.05, 4.69) is 0 Å². The molecule has 1 aliphatic heterocycles. The first-order chi connectivity index (χ1) is 15.4. The molecule has 1 amide bonds. The average molecular weight is 469 g/mol. The van der Waals surface area contributed by atoms with Gasteiger partial charge in [-0.2, -0.15) is 4.31 Å². The Kier molecular flexibility index (Phi) is 6.41. The Bertz CT molecular complexity index is 1250. The molecule has 0 radical (unpaired) electrons. The molecule has 0 unspecified atom stereocenters. The number of nitrogens with zero attached hydrogens (tertiary/aromatic N) is 2. The minimum atomic E-state index is -3.70. The molecular formula is C24H21ClN2O4S. The van der Waals surface area contributed by atoms with Crippen LogP contribution < -0.4 is 0 Å². The van der Waals surface area contributed by atoms with Crippen molar-refractivity contribution in [3.05, 3.63) is 101 Å². The van der Waals surface area contributed by atoms with Crippen molar-refractivity contribution < 1.29 is 18.0 Å². The number of halogens is 1. The molecule has 1 aliphatic rings. The van der Waals surface area contributed by atoms with E-state index < -0.39 is 10.0 Å². The largest absolute Gasteiger partial charge is 0.336 e. The van der Waals surface area contributed by atoms with Gasteiger partial charge in [0.15, 0.2) is 5.78 Å². The summed E-state index contributed by atoms with van der Waals surface area (Å²) >= 11 is 5.94. The van der Waals surface area contributed by atoms with E-state index in [-0.39, 0.29) is 42.8 Å². The van der Waals surface area contributed by atoms with Crippen molar-refractivity contribution in [2.75, 3.05) is 26.2 Å². The van der Waals surface area contributed by atoms with Crippen molar-refractivity contribution in [3.8, 4) is 0 Å². The van der Waals surface area contributed by atoms with Crippen LogP contribution in [0.4, 0.5) is 0 Å². The highest BCUT2D eigenvalue weighted by Gasteiger charge is 2.31. The molecule has 0 bridgehead atoms. The number of piperazine rings is 1. The first-order valence-corrected chi connectivity index (χ1v) is 11.9. The smallest absolute Gasteiger partial charge is 0.254 e. The maximum atomic E-state index is 13.2. The second-order valence-corrected chi connectivity index (χ2v) is 9.77. The molecule has 1 saturated heterocycles. The summed E-state index contributed by atoms with van der Waals surface area (Å²) in [5.74, 6) is -0.513. The highest BCUT2D eigenvalue weighted by Crippen LogP contribution is 2.22. The number of sulfonamides is 1. The Morgan fingerprint density at radius 1 is 0.750 bits per heavy atom. The topological polar surface area (TPSA) is 74.8 Å². The van der Waals surface area contributed by atoms with Crippen LogP contribution in [-0.2, 0) is 10.0 Å². The molecule has 32 heavy (non-hydrogen) atoms. The fourth-order valence-electron chi connectivity index (χ4n) is 3.69. The zero-order valence-corrected chi connectivity index (χ0v) is 18.7. The molecule has 0 atom stereocenters. The van der Waals surface area contributed by atoms with Gasteiger partial charge < -0.3 is 4.90 Å². The summed E-state index contributed by atoms with van der Waals surface area (Å²) in [7, 11) is -3.70. The SMILES string of the molecule is O=C(c1ccccc1)c1ccccc1C(=O)N1CCN(S(=O)(=O)c2cccc(Cl)c2)CC1. The zero-order chi connectivity index (χ0) is 22.7. The van der Waals surface area contributed by atoms with Gasteiger partial charge in [0.2, 0.25) is 10.0 Å². The monoisotopic (exact) mass is 468 g/mol. The number of amides is 1. The summed E-state index contributed by atoms with van der Waals surface area (Å²) in [5.41, 5.74) is 1.15. The Labute approximate surface area is 192 Å². The van der Waals surface area contributed by atoms with E-state index in [0.29, 0.717) is 21.7 Å². The Morgan fingerprint density at radius 3 is 2.03 bits per heavy atom. The predicted molar refractivity (Wildman–Crippen MR) is 122 cm³/mol. The molecule has 8 heteroatoms. The Balaban J connectivity index is 1.51. The molecule has 0 saturated carbocycles. The average Bonchev–Trinajstić information content (AvgIpc) is 2.84. The van der Waals surface area contributed by atoms with Crippen LogP contribution in [0.3, 0.4) is 0 Å². The number of hydrogen-bond donors (Lipinski definition) is 0. The van der Waals surface area contributed by atoms with Crippen LogP contribution in [0.5, 0.6) is 0 Å². The normalized spacial score (nSPS) is 14.8. The summed E-state index contributed by atoms with van der Waals surface area (Å²) in [6.07, 6.45) is 0. The highest BCUT2D eigenvalue weighted by molar-refractivity contribution is 7.89. The molecule has 1 heterocycles. The lowest BCUT2D eigenvalue weighted by molar-refractivity contribution is 0.0694. The van der Waals surface area contributed by atoms with E-state index in [1.165, 1.54) is 16.4 Å². The van der Waals surface area contributed by atoms with E-state index in [0.717, 1.165) is 0 Å². The first kappa shape index (κ1) is 22.2. The van der Waals surface area contributed by atoms with E-state index >= 15 is 0 Å². The van der Waals surface area contributed by atoms with Gasteiger partial charge in [0, 0.05) is 42.3 Å². The lowest BCUT2D eigenvalue weighted by Crippen LogP contribution is -2.50. The molecule has 0 aromatic heterocycles. The van der Waals surface area contributed by atoms with Crippen LogP contribution in [0.25, 0.3) is 0 Å². The third-order valence-corrected chi connectivity index (χ3v) is 7.53. The lowest BCUT2D eigenvalue weighted by Gasteiger charge is -2.34. The van der Waals surface area contributed by atoms with Gasteiger partial charge in [-0.3, -0.25) is 9.59 Å². The lowest BCUT2D eigenvalue weighted by atomic mass is 9.97. The molecule has 0 N–H and O–H groups in total.